The molecule has 1 aliphatic rings. The molecule has 0 fully saturated rings. The van der Waals surface area contributed by atoms with Crippen molar-refractivity contribution >= 4 is 35.0 Å². The number of benzene rings is 2. The first-order valence-electron chi connectivity index (χ1n) is 8.08. The van der Waals surface area contributed by atoms with Gasteiger partial charge in [0, 0.05) is 22.3 Å². The summed E-state index contributed by atoms with van der Waals surface area (Å²) >= 11 is 1.49. The first-order valence-corrected chi connectivity index (χ1v) is 9.07. The molecule has 0 saturated carbocycles. The average Bonchev–Trinajstić information content (AvgIpc) is 3.08. The monoisotopic (exact) mass is 364 g/mol. The van der Waals surface area contributed by atoms with Gasteiger partial charge in [-0.2, -0.15) is 5.10 Å². The number of aromatic nitrogens is 2. The Morgan fingerprint density at radius 2 is 2.04 bits per heavy atom. The minimum Gasteiger partial charge on any atom is -0.324 e. The molecule has 0 spiro atoms. The highest BCUT2D eigenvalue weighted by Gasteiger charge is 2.16. The van der Waals surface area contributed by atoms with Crippen molar-refractivity contribution in [2.24, 2.45) is 0 Å². The SMILES string of the molecule is Cc1cnn(-c2ccc(C(=O)Nc3ccc4c(c3)NC(=O)CS4)cc2)c1. The Bertz CT molecular complexity index is 995. The standard InChI is InChI=1S/C19H16N4O2S/c1-12-9-20-23(10-12)15-5-2-13(3-6-15)19(25)21-14-4-7-17-16(8-14)22-18(24)11-26-17/h2-10H,11H2,1H3,(H,21,25)(H,22,24). The van der Waals surface area contributed by atoms with E-state index in [-0.39, 0.29) is 11.8 Å². The third-order valence-corrected chi connectivity index (χ3v) is 5.05. The second-order valence-corrected chi connectivity index (χ2v) is 7.03. The second-order valence-electron chi connectivity index (χ2n) is 6.01. The Balaban J connectivity index is 1.50. The lowest BCUT2D eigenvalue weighted by Gasteiger charge is -2.17. The van der Waals surface area contributed by atoms with Gasteiger partial charge >= 0.3 is 0 Å². The molecule has 130 valence electrons. The molecular weight excluding hydrogens is 348 g/mol. The van der Waals surface area contributed by atoms with E-state index in [1.807, 2.05) is 37.4 Å². The predicted molar refractivity (Wildman–Crippen MR) is 102 cm³/mol. The van der Waals surface area contributed by atoms with Crippen molar-refractivity contribution in [3.63, 3.8) is 0 Å². The van der Waals surface area contributed by atoms with Crippen LogP contribution >= 0.6 is 11.8 Å². The summed E-state index contributed by atoms with van der Waals surface area (Å²) in [4.78, 5) is 25.0. The average molecular weight is 364 g/mol. The molecule has 0 radical (unpaired) electrons. The van der Waals surface area contributed by atoms with E-state index >= 15 is 0 Å². The number of aryl methyl sites for hydroxylation is 1. The molecule has 0 unspecified atom stereocenters. The Morgan fingerprint density at radius 3 is 2.77 bits per heavy atom. The lowest BCUT2D eigenvalue weighted by Crippen LogP contribution is -2.19. The minimum atomic E-state index is -0.206. The van der Waals surface area contributed by atoms with Gasteiger partial charge in [-0.3, -0.25) is 9.59 Å². The predicted octanol–water partition coefficient (Wildman–Crippen LogP) is 3.48. The summed E-state index contributed by atoms with van der Waals surface area (Å²) in [5, 5.41) is 9.94. The van der Waals surface area contributed by atoms with E-state index in [0.29, 0.717) is 17.0 Å². The summed E-state index contributed by atoms with van der Waals surface area (Å²) in [7, 11) is 0. The molecule has 0 saturated heterocycles. The van der Waals surface area contributed by atoms with Gasteiger partial charge in [0.25, 0.3) is 5.91 Å². The van der Waals surface area contributed by atoms with E-state index < -0.39 is 0 Å². The lowest BCUT2D eigenvalue weighted by molar-refractivity contribution is -0.113. The normalized spacial score (nSPS) is 13.0. The van der Waals surface area contributed by atoms with Crippen LogP contribution in [0.4, 0.5) is 11.4 Å². The molecule has 3 aromatic rings. The molecule has 1 aliphatic heterocycles. The van der Waals surface area contributed by atoms with Crippen LogP contribution in [-0.2, 0) is 4.79 Å². The van der Waals surface area contributed by atoms with Gasteiger partial charge in [-0.1, -0.05) is 0 Å². The van der Waals surface area contributed by atoms with Crippen LogP contribution < -0.4 is 10.6 Å². The molecule has 6 nitrogen and oxygen atoms in total. The molecule has 0 atom stereocenters. The Hall–Kier alpha value is -3.06. The molecule has 7 heteroatoms. The number of anilines is 2. The van der Waals surface area contributed by atoms with Crippen molar-refractivity contribution in [2.45, 2.75) is 11.8 Å². The quantitative estimate of drug-likeness (QED) is 0.746. The number of carbonyl (C=O) groups is 2. The van der Waals surface area contributed by atoms with Crippen molar-refractivity contribution in [1.82, 2.24) is 9.78 Å². The molecule has 26 heavy (non-hydrogen) atoms. The highest BCUT2D eigenvalue weighted by atomic mass is 32.2. The highest BCUT2D eigenvalue weighted by molar-refractivity contribution is 8.00. The number of hydrogen-bond acceptors (Lipinski definition) is 4. The maximum absolute atomic E-state index is 12.5. The molecule has 1 aromatic heterocycles. The van der Waals surface area contributed by atoms with Crippen molar-refractivity contribution < 1.29 is 9.59 Å². The molecule has 2 amide bonds. The maximum Gasteiger partial charge on any atom is 0.255 e. The molecule has 4 rings (SSSR count). The van der Waals surface area contributed by atoms with E-state index in [0.717, 1.165) is 21.8 Å². The van der Waals surface area contributed by atoms with Gasteiger partial charge in [-0.15, -0.1) is 11.8 Å². The zero-order valence-corrected chi connectivity index (χ0v) is 14.8. The largest absolute Gasteiger partial charge is 0.324 e. The highest BCUT2D eigenvalue weighted by Crippen LogP contribution is 2.33. The van der Waals surface area contributed by atoms with Crippen molar-refractivity contribution in [2.75, 3.05) is 16.4 Å². The summed E-state index contributed by atoms with van der Waals surface area (Å²) < 4.78 is 1.76. The van der Waals surface area contributed by atoms with E-state index in [9.17, 15) is 9.59 Å². The number of carbonyl (C=O) groups excluding carboxylic acids is 2. The number of thioether (sulfide) groups is 1. The Morgan fingerprint density at radius 1 is 1.23 bits per heavy atom. The zero-order chi connectivity index (χ0) is 18.1. The number of hydrogen-bond donors (Lipinski definition) is 2. The van der Waals surface area contributed by atoms with Crippen LogP contribution in [0.25, 0.3) is 5.69 Å². The van der Waals surface area contributed by atoms with Gasteiger partial charge in [0.05, 0.1) is 23.3 Å². The first kappa shape index (κ1) is 16.4. The lowest BCUT2D eigenvalue weighted by atomic mass is 10.2. The smallest absolute Gasteiger partial charge is 0.255 e. The van der Waals surface area contributed by atoms with Crippen LogP contribution in [-0.4, -0.2) is 27.3 Å². The second kappa shape index (κ2) is 6.68. The van der Waals surface area contributed by atoms with Crippen LogP contribution in [0.15, 0.2) is 59.8 Å². The summed E-state index contributed by atoms with van der Waals surface area (Å²) in [6.07, 6.45) is 3.71. The van der Waals surface area contributed by atoms with E-state index in [1.165, 1.54) is 11.8 Å². The van der Waals surface area contributed by atoms with Crippen molar-refractivity contribution in [3.8, 4) is 5.69 Å². The number of amides is 2. The third-order valence-electron chi connectivity index (χ3n) is 3.98. The fraction of sp³-hybridized carbons (Fsp3) is 0.105. The van der Waals surface area contributed by atoms with Crippen LogP contribution in [0.1, 0.15) is 15.9 Å². The number of nitrogens with zero attached hydrogens (tertiary/aromatic N) is 2. The van der Waals surface area contributed by atoms with Gasteiger partial charge in [0.2, 0.25) is 5.91 Å². The van der Waals surface area contributed by atoms with Gasteiger partial charge in [0.1, 0.15) is 0 Å². The van der Waals surface area contributed by atoms with Gasteiger partial charge < -0.3 is 10.6 Å². The zero-order valence-electron chi connectivity index (χ0n) is 14.0. The summed E-state index contributed by atoms with van der Waals surface area (Å²) in [6.45, 7) is 1.98. The fourth-order valence-corrected chi connectivity index (χ4v) is 3.47. The Kier molecular flexibility index (Phi) is 4.22. The Labute approximate surface area is 154 Å². The van der Waals surface area contributed by atoms with E-state index in [4.69, 9.17) is 0 Å². The topological polar surface area (TPSA) is 76.0 Å². The summed E-state index contributed by atoms with van der Waals surface area (Å²) in [5.74, 6) is 0.180. The molecule has 2 aromatic carbocycles. The number of nitrogens with one attached hydrogen (secondary N) is 2. The van der Waals surface area contributed by atoms with Crippen LogP contribution in [0, 0.1) is 6.92 Å². The minimum absolute atomic E-state index is 0.0320. The van der Waals surface area contributed by atoms with E-state index in [2.05, 4.69) is 15.7 Å². The molecular formula is C19H16N4O2S. The summed E-state index contributed by atoms with van der Waals surface area (Å²) in [6, 6.07) is 12.7. The van der Waals surface area contributed by atoms with Crippen LogP contribution in [0.2, 0.25) is 0 Å². The van der Waals surface area contributed by atoms with Gasteiger partial charge in [-0.25, -0.2) is 4.68 Å². The van der Waals surface area contributed by atoms with Gasteiger partial charge in [0.15, 0.2) is 0 Å². The number of rotatable bonds is 3. The van der Waals surface area contributed by atoms with Crippen LogP contribution in [0.3, 0.4) is 0 Å². The molecule has 2 N–H and O–H groups in total. The van der Waals surface area contributed by atoms with Crippen molar-refractivity contribution in [1.29, 1.82) is 0 Å². The van der Waals surface area contributed by atoms with Crippen molar-refractivity contribution in [3.05, 3.63) is 66.0 Å². The molecule has 2 heterocycles. The van der Waals surface area contributed by atoms with E-state index in [1.54, 1.807) is 29.1 Å². The third kappa shape index (κ3) is 3.34. The number of fused-ring (bicyclic) bond motifs is 1. The first-order chi connectivity index (χ1) is 12.6. The van der Waals surface area contributed by atoms with Gasteiger partial charge in [-0.05, 0) is 55.0 Å². The summed E-state index contributed by atoms with van der Waals surface area (Å²) in [5.41, 5.74) is 3.89. The molecule has 0 aliphatic carbocycles. The fourth-order valence-electron chi connectivity index (χ4n) is 2.68. The van der Waals surface area contributed by atoms with Crippen LogP contribution in [0.5, 0.6) is 0 Å². The maximum atomic E-state index is 12.5. The molecule has 0 bridgehead atoms.